The summed E-state index contributed by atoms with van der Waals surface area (Å²) in [6.07, 6.45) is 3.37. The summed E-state index contributed by atoms with van der Waals surface area (Å²) < 4.78 is 4.37. The third-order valence-corrected chi connectivity index (χ3v) is 6.13. The number of carbonyl (C=O) groups excluding carboxylic acids is 1. The second kappa shape index (κ2) is 8.50. The van der Waals surface area contributed by atoms with E-state index in [0.29, 0.717) is 12.3 Å². The van der Waals surface area contributed by atoms with Crippen LogP contribution in [0.4, 0.5) is 0 Å². The van der Waals surface area contributed by atoms with Gasteiger partial charge in [-0.15, -0.1) is 0 Å². The van der Waals surface area contributed by atoms with Crippen molar-refractivity contribution < 1.29 is 4.79 Å². The number of nitrogens with zero attached hydrogens (tertiary/aromatic N) is 4. The molecule has 0 fully saturated rings. The van der Waals surface area contributed by atoms with Crippen molar-refractivity contribution in [1.82, 2.24) is 19.2 Å². The standard InChI is InChI=1S/C25H32N4O/c1-18(2)17-29-20(4)22(19(3)26-29)12-13-24(30)28-16-15-27-14-8-11-23(27)25(28)21-9-6-5-7-10-21/h5-11,14,18,25H,12-13,15-17H2,1-4H3/t25-/m1/s1. The van der Waals surface area contributed by atoms with Crippen LogP contribution in [0.1, 0.15) is 54.5 Å². The summed E-state index contributed by atoms with van der Waals surface area (Å²) in [5, 5.41) is 4.71. The van der Waals surface area contributed by atoms with Gasteiger partial charge in [-0.05, 0) is 49.4 Å². The molecule has 158 valence electrons. The fourth-order valence-electron chi connectivity index (χ4n) is 4.63. The van der Waals surface area contributed by atoms with E-state index in [0.717, 1.165) is 31.7 Å². The van der Waals surface area contributed by atoms with Gasteiger partial charge in [-0.25, -0.2) is 0 Å². The maximum absolute atomic E-state index is 13.4. The first-order valence-corrected chi connectivity index (χ1v) is 11.0. The molecule has 4 rings (SSSR count). The molecular weight excluding hydrogens is 372 g/mol. The molecule has 0 spiro atoms. The number of fused-ring (bicyclic) bond motifs is 1. The Morgan fingerprint density at radius 1 is 1.10 bits per heavy atom. The number of aryl methyl sites for hydroxylation is 1. The van der Waals surface area contributed by atoms with E-state index in [4.69, 9.17) is 5.10 Å². The predicted molar refractivity (Wildman–Crippen MR) is 119 cm³/mol. The lowest BCUT2D eigenvalue weighted by Gasteiger charge is -2.37. The summed E-state index contributed by atoms with van der Waals surface area (Å²) in [7, 11) is 0. The van der Waals surface area contributed by atoms with E-state index in [9.17, 15) is 4.79 Å². The van der Waals surface area contributed by atoms with Crippen molar-refractivity contribution in [2.75, 3.05) is 6.54 Å². The van der Waals surface area contributed by atoms with Crippen LogP contribution in [0.25, 0.3) is 0 Å². The quantitative estimate of drug-likeness (QED) is 0.606. The average Bonchev–Trinajstić information content (AvgIpc) is 3.30. The maximum atomic E-state index is 13.4. The van der Waals surface area contributed by atoms with Gasteiger partial charge in [-0.1, -0.05) is 44.2 Å². The third kappa shape index (κ3) is 3.93. The molecule has 1 amide bonds. The number of carbonyl (C=O) groups is 1. The molecule has 5 heteroatoms. The summed E-state index contributed by atoms with van der Waals surface area (Å²) in [4.78, 5) is 15.4. The van der Waals surface area contributed by atoms with E-state index >= 15 is 0 Å². The van der Waals surface area contributed by atoms with Crippen molar-refractivity contribution in [3.05, 3.63) is 76.9 Å². The van der Waals surface area contributed by atoms with Crippen molar-refractivity contribution >= 4 is 5.91 Å². The molecule has 1 aliphatic rings. The minimum Gasteiger partial charge on any atom is -0.348 e. The van der Waals surface area contributed by atoms with Gasteiger partial charge in [0, 0.05) is 43.6 Å². The Labute approximate surface area is 179 Å². The van der Waals surface area contributed by atoms with Gasteiger partial charge < -0.3 is 9.47 Å². The number of hydrogen-bond donors (Lipinski definition) is 0. The van der Waals surface area contributed by atoms with Crippen LogP contribution < -0.4 is 0 Å². The average molecular weight is 405 g/mol. The molecule has 30 heavy (non-hydrogen) atoms. The Morgan fingerprint density at radius 2 is 1.87 bits per heavy atom. The van der Waals surface area contributed by atoms with Crippen molar-refractivity contribution in [1.29, 1.82) is 0 Å². The number of amides is 1. The van der Waals surface area contributed by atoms with E-state index in [1.54, 1.807) is 0 Å². The van der Waals surface area contributed by atoms with Crippen molar-refractivity contribution in [3.63, 3.8) is 0 Å². The van der Waals surface area contributed by atoms with Crippen LogP contribution in [0.15, 0.2) is 48.7 Å². The van der Waals surface area contributed by atoms with Crippen molar-refractivity contribution in [2.45, 2.75) is 59.7 Å². The summed E-state index contributed by atoms with van der Waals surface area (Å²) >= 11 is 0. The minimum absolute atomic E-state index is 0.0201. The summed E-state index contributed by atoms with van der Waals surface area (Å²) in [5.41, 5.74) is 5.83. The van der Waals surface area contributed by atoms with Crippen molar-refractivity contribution in [2.24, 2.45) is 5.92 Å². The zero-order valence-corrected chi connectivity index (χ0v) is 18.5. The Balaban J connectivity index is 1.54. The predicted octanol–water partition coefficient (Wildman–Crippen LogP) is 4.52. The van der Waals surface area contributed by atoms with Crippen LogP contribution in [0.3, 0.4) is 0 Å². The molecule has 3 aromatic rings. The fourth-order valence-corrected chi connectivity index (χ4v) is 4.63. The lowest BCUT2D eigenvalue weighted by atomic mass is 9.98. The van der Waals surface area contributed by atoms with Gasteiger partial charge >= 0.3 is 0 Å². The van der Waals surface area contributed by atoms with Gasteiger partial charge in [0.05, 0.1) is 11.7 Å². The second-order valence-corrected chi connectivity index (χ2v) is 8.75. The van der Waals surface area contributed by atoms with E-state index in [-0.39, 0.29) is 11.9 Å². The zero-order chi connectivity index (χ0) is 21.3. The second-order valence-electron chi connectivity index (χ2n) is 8.75. The largest absolute Gasteiger partial charge is 0.348 e. The first kappa shape index (κ1) is 20.5. The van der Waals surface area contributed by atoms with Crippen LogP contribution in [-0.4, -0.2) is 31.7 Å². The van der Waals surface area contributed by atoms with Crippen LogP contribution in [0.2, 0.25) is 0 Å². The third-order valence-electron chi connectivity index (χ3n) is 6.13. The highest BCUT2D eigenvalue weighted by Gasteiger charge is 2.31. The number of aromatic nitrogens is 3. The number of rotatable bonds is 6. The molecule has 3 heterocycles. The topological polar surface area (TPSA) is 43.1 Å². The highest BCUT2D eigenvalue weighted by atomic mass is 16.2. The first-order valence-electron chi connectivity index (χ1n) is 11.0. The smallest absolute Gasteiger partial charge is 0.223 e. The van der Waals surface area contributed by atoms with Gasteiger partial charge in [0.2, 0.25) is 5.91 Å². The Kier molecular flexibility index (Phi) is 5.80. The molecular formula is C25H32N4O. The molecule has 0 saturated carbocycles. The SMILES string of the molecule is Cc1nn(CC(C)C)c(C)c1CCC(=O)N1CCn2cccc2[C@H]1c1ccccc1. The Morgan fingerprint density at radius 3 is 2.60 bits per heavy atom. The summed E-state index contributed by atoms with van der Waals surface area (Å²) in [6, 6.07) is 14.6. The molecule has 1 aromatic carbocycles. The van der Waals surface area contributed by atoms with Gasteiger partial charge in [0.1, 0.15) is 0 Å². The molecule has 2 aromatic heterocycles. The van der Waals surface area contributed by atoms with Crippen LogP contribution >= 0.6 is 0 Å². The highest BCUT2D eigenvalue weighted by molar-refractivity contribution is 5.77. The highest BCUT2D eigenvalue weighted by Crippen LogP contribution is 2.33. The normalized spacial score (nSPS) is 16.2. The molecule has 0 radical (unpaired) electrons. The van der Waals surface area contributed by atoms with Gasteiger partial charge in [0.25, 0.3) is 0 Å². The molecule has 0 N–H and O–H groups in total. The Hall–Kier alpha value is -2.82. The van der Waals surface area contributed by atoms with Crippen molar-refractivity contribution in [3.8, 4) is 0 Å². The van der Waals surface area contributed by atoms with E-state index in [1.807, 2.05) is 6.07 Å². The summed E-state index contributed by atoms with van der Waals surface area (Å²) in [6.45, 7) is 11.1. The monoisotopic (exact) mass is 404 g/mol. The van der Waals surface area contributed by atoms with E-state index in [2.05, 4.69) is 84.4 Å². The fraction of sp³-hybridized carbons (Fsp3) is 0.440. The lowest BCUT2D eigenvalue weighted by molar-refractivity contribution is -0.133. The molecule has 0 aliphatic carbocycles. The van der Waals surface area contributed by atoms with E-state index in [1.165, 1.54) is 22.5 Å². The number of benzene rings is 1. The summed E-state index contributed by atoms with van der Waals surface area (Å²) in [5.74, 6) is 0.764. The molecule has 0 saturated heterocycles. The first-order chi connectivity index (χ1) is 14.5. The lowest BCUT2D eigenvalue weighted by Crippen LogP contribution is -2.42. The zero-order valence-electron chi connectivity index (χ0n) is 18.5. The number of hydrogen-bond acceptors (Lipinski definition) is 2. The maximum Gasteiger partial charge on any atom is 0.223 e. The molecule has 0 unspecified atom stereocenters. The molecule has 5 nitrogen and oxygen atoms in total. The molecule has 0 bridgehead atoms. The van der Waals surface area contributed by atoms with E-state index < -0.39 is 0 Å². The minimum atomic E-state index is -0.0201. The van der Waals surface area contributed by atoms with Gasteiger partial charge in [-0.2, -0.15) is 5.10 Å². The molecule has 1 atom stereocenters. The Bertz CT molecular complexity index is 1020. The van der Waals surface area contributed by atoms with Crippen LogP contribution in [0.5, 0.6) is 0 Å². The van der Waals surface area contributed by atoms with Crippen LogP contribution in [0, 0.1) is 19.8 Å². The molecule has 1 aliphatic heterocycles. The van der Waals surface area contributed by atoms with Crippen LogP contribution in [-0.2, 0) is 24.3 Å². The van der Waals surface area contributed by atoms with Gasteiger partial charge in [0.15, 0.2) is 0 Å². The van der Waals surface area contributed by atoms with Gasteiger partial charge in [-0.3, -0.25) is 9.48 Å².